The molecule has 0 aliphatic rings. The van der Waals surface area contributed by atoms with Gasteiger partial charge in [0.15, 0.2) is 34.9 Å². The molecule has 57 heavy (non-hydrogen) atoms. The summed E-state index contributed by atoms with van der Waals surface area (Å²) in [4.78, 5) is 29.8. The van der Waals surface area contributed by atoms with Crippen LogP contribution in [0.15, 0.2) is 180 Å². The standard InChI is InChI=1S/C49H29N7O/c50-30-31-19-21-32(22-20-31)33-23-25-37(26-24-33)47-52-46(36-15-8-3-9-16-36)55-49(56-47)40-18-10-17-39-41-29-38(27-28-42(41)57-43(39)40)48-53-44(34-11-4-1-5-12-34)51-45(54-48)35-13-6-2-7-14-35/h1-29H. The molecule has 0 fully saturated rings. The highest BCUT2D eigenvalue weighted by Gasteiger charge is 2.19. The summed E-state index contributed by atoms with van der Waals surface area (Å²) in [7, 11) is 0. The molecule has 8 heteroatoms. The van der Waals surface area contributed by atoms with E-state index in [1.54, 1.807) is 0 Å². The van der Waals surface area contributed by atoms with Gasteiger partial charge in [-0.2, -0.15) is 5.26 Å². The molecule has 0 N–H and O–H groups in total. The molecule has 7 aromatic carbocycles. The second kappa shape index (κ2) is 14.3. The zero-order valence-corrected chi connectivity index (χ0v) is 30.3. The Balaban J connectivity index is 1.08. The molecule has 0 aliphatic heterocycles. The normalized spacial score (nSPS) is 11.1. The summed E-state index contributed by atoms with van der Waals surface area (Å²) >= 11 is 0. The molecule has 0 aliphatic carbocycles. The van der Waals surface area contributed by atoms with Crippen molar-refractivity contribution >= 4 is 21.9 Å². The third-order valence-corrected chi connectivity index (χ3v) is 9.85. The summed E-state index contributed by atoms with van der Waals surface area (Å²) in [5, 5.41) is 11.1. The van der Waals surface area contributed by atoms with E-state index in [2.05, 4.69) is 18.2 Å². The van der Waals surface area contributed by atoms with Crippen molar-refractivity contribution in [3.63, 3.8) is 0 Å². The van der Waals surface area contributed by atoms with Crippen molar-refractivity contribution in [3.8, 4) is 85.5 Å². The summed E-state index contributed by atoms with van der Waals surface area (Å²) < 4.78 is 6.61. The molecule has 0 unspecified atom stereocenters. The highest BCUT2D eigenvalue weighted by Crippen LogP contribution is 2.38. The zero-order valence-electron chi connectivity index (χ0n) is 30.3. The predicted octanol–water partition coefficient (Wildman–Crippen LogP) is 11.5. The molecular weight excluding hydrogens is 703 g/mol. The number of hydrogen-bond acceptors (Lipinski definition) is 8. The SMILES string of the molecule is N#Cc1ccc(-c2ccc(-c3nc(-c4ccccc4)nc(-c4cccc5c4oc4ccc(-c6nc(-c7ccccc7)nc(-c7ccccc7)n6)cc45)n3)cc2)cc1. The molecule has 0 radical (unpaired) electrons. The van der Waals surface area contributed by atoms with Crippen LogP contribution >= 0.6 is 0 Å². The van der Waals surface area contributed by atoms with E-state index in [4.69, 9.17) is 34.3 Å². The number of furan rings is 1. The van der Waals surface area contributed by atoms with Gasteiger partial charge < -0.3 is 4.42 Å². The Bertz CT molecular complexity index is 3050. The number of nitrogens with zero attached hydrogens (tertiary/aromatic N) is 7. The van der Waals surface area contributed by atoms with E-state index in [9.17, 15) is 5.26 Å². The fourth-order valence-corrected chi connectivity index (χ4v) is 6.94. The van der Waals surface area contributed by atoms with E-state index in [-0.39, 0.29) is 0 Å². The summed E-state index contributed by atoms with van der Waals surface area (Å²) in [6, 6.07) is 59.7. The maximum atomic E-state index is 9.22. The molecule has 3 aromatic heterocycles. The summed E-state index contributed by atoms with van der Waals surface area (Å²) in [6.07, 6.45) is 0. The van der Waals surface area contributed by atoms with Crippen LogP contribution in [-0.2, 0) is 0 Å². The molecular formula is C49H29N7O. The van der Waals surface area contributed by atoms with Gasteiger partial charge >= 0.3 is 0 Å². The summed E-state index contributed by atoms with van der Waals surface area (Å²) in [5.74, 6) is 3.36. The fraction of sp³-hybridized carbons (Fsp3) is 0. The van der Waals surface area contributed by atoms with Gasteiger partial charge in [0.2, 0.25) is 0 Å². The van der Waals surface area contributed by atoms with Crippen LogP contribution in [0, 0.1) is 11.3 Å². The molecule has 0 saturated heterocycles. The van der Waals surface area contributed by atoms with Crippen molar-refractivity contribution in [2.75, 3.05) is 0 Å². The van der Waals surface area contributed by atoms with Crippen molar-refractivity contribution in [1.29, 1.82) is 5.26 Å². The molecule has 0 amide bonds. The Hall–Kier alpha value is -8.15. The number of aromatic nitrogens is 6. The van der Waals surface area contributed by atoms with Crippen molar-refractivity contribution in [3.05, 3.63) is 181 Å². The van der Waals surface area contributed by atoms with Crippen LogP contribution in [0.5, 0.6) is 0 Å². The topological polar surface area (TPSA) is 114 Å². The van der Waals surface area contributed by atoms with Crippen LogP contribution in [0.25, 0.3) is 101 Å². The number of hydrogen-bond donors (Lipinski definition) is 0. The van der Waals surface area contributed by atoms with E-state index < -0.39 is 0 Å². The number of fused-ring (bicyclic) bond motifs is 3. The third kappa shape index (κ3) is 6.45. The quantitative estimate of drug-likeness (QED) is 0.159. The Morgan fingerprint density at radius 3 is 1.28 bits per heavy atom. The largest absolute Gasteiger partial charge is 0.455 e. The minimum Gasteiger partial charge on any atom is -0.455 e. The molecule has 3 heterocycles. The van der Waals surface area contributed by atoms with E-state index in [1.165, 1.54) is 0 Å². The Kier molecular flexibility index (Phi) is 8.36. The van der Waals surface area contributed by atoms with Crippen molar-refractivity contribution in [1.82, 2.24) is 29.9 Å². The van der Waals surface area contributed by atoms with E-state index >= 15 is 0 Å². The second-order valence-corrected chi connectivity index (χ2v) is 13.5. The van der Waals surface area contributed by atoms with Gasteiger partial charge in [-0.1, -0.05) is 140 Å². The highest BCUT2D eigenvalue weighted by atomic mass is 16.3. The molecule has 266 valence electrons. The van der Waals surface area contributed by atoms with Crippen LogP contribution in [0.2, 0.25) is 0 Å². The lowest BCUT2D eigenvalue weighted by Crippen LogP contribution is -2.00. The molecule has 10 aromatic rings. The first-order valence-electron chi connectivity index (χ1n) is 18.4. The van der Waals surface area contributed by atoms with Gasteiger partial charge in [-0.3, -0.25) is 0 Å². The van der Waals surface area contributed by atoms with Gasteiger partial charge in [-0.25, -0.2) is 29.9 Å². The predicted molar refractivity (Wildman–Crippen MR) is 223 cm³/mol. The van der Waals surface area contributed by atoms with Crippen molar-refractivity contribution in [2.45, 2.75) is 0 Å². The first-order chi connectivity index (χ1) is 28.2. The first kappa shape index (κ1) is 33.4. The van der Waals surface area contributed by atoms with Crippen LogP contribution < -0.4 is 0 Å². The minimum absolute atomic E-state index is 0.498. The Morgan fingerprint density at radius 1 is 0.351 bits per heavy atom. The van der Waals surface area contributed by atoms with Gasteiger partial charge in [0.1, 0.15) is 11.2 Å². The average Bonchev–Trinajstić information content (AvgIpc) is 3.68. The van der Waals surface area contributed by atoms with Crippen molar-refractivity contribution in [2.24, 2.45) is 0 Å². The maximum Gasteiger partial charge on any atom is 0.167 e. The van der Waals surface area contributed by atoms with Gasteiger partial charge in [0.25, 0.3) is 0 Å². The van der Waals surface area contributed by atoms with E-state index in [1.807, 2.05) is 164 Å². The Labute approximate surface area is 327 Å². The smallest absolute Gasteiger partial charge is 0.167 e. The average molecular weight is 732 g/mol. The summed E-state index contributed by atoms with van der Waals surface area (Å²) in [5.41, 5.74) is 9.18. The molecule has 0 spiro atoms. The highest BCUT2D eigenvalue weighted by molar-refractivity contribution is 6.10. The molecule has 10 rings (SSSR count). The molecule has 0 atom stereocenters. The van der Waals surface area contributed by atoms with Crippen LogP contribution in [-0.4, -0.2) is 29.9 Å². The zero-order chi connectivity index (χ0) is 38.1. The lowest BCUT2D eigenvalue weighted by atomic mass is 10.0. The first-order valence-corrected chi connectivity index (χ1v) is 18.4. The number of nitriles is 1. The van der Waals surface area contributed by atoms with Crippen LogP contribution in [0.3, 0.4) is 0 Å². The fourth-order valence-electron chi connectivity index (χ4n) is 6.94. The number of benzene rings is 7. The Morgan fingerprint density at radius 2 is 0.772 bits per heavy atom. The second-order valence-electron chi connectivity index (χ2n) is 13.5. The molecule has 8 nitrogen and oxygen atoms in total. The van der Waals surface area contributed by atoms with Gasteiger partial charge in [0, 0.05) is 38.6 Å². The minimum atomic E-state index is 0.498. The summed E-state index contributed by atoms with van der Waals surface area (Å²) in [6.45, 7) is 0. The van der Waals surface area contributed by atoms with E-state index in [0.717, 1.165) is 60.9 Å². The molecule has 0 saturated carbocycles. The van der Waals surface area contributed by atoms with Crippen LogP contribution in [0.4, 0.5) is 0 Å². The van der Waals surface area contributed by atoms with Crippen LogP contribution in [0.1, 0.15) is 5.56 Å². The van der Waals surface area contributed by atoms with Gasteiger partial charge in [0.05, 0.1) is 17.2 Å². The monoisotopic (exact) mass is 731 g/mol. The van der Waals surface area contributed by atoms with Gasteiger partial charge in [-0.15, -0.1) is 0 Å². The van der Waals surface area contributed by atoms with Crippen molar-refractivity contribution < 1.29 is 4.42 Å². The lowest BCUT2D eigenvalue weighted by Gasteiger charge is -2.09. The lowest BCUT2D eigenvalue weighted by molar-refractivity contribution is 0.669. The number of rotatable bonds is 7. The maximum absolute atomic E-state index is 9.22. The molecule has 0 bridgehead atoms. The van der Waals surface area contributed by atoms with Gasteiger partial charge in [-0.05, 0) is 47.5 Å². The third-order valence-electron chi connectivity index (χ3n) is 9.85. The van der Waals surface area contributed by atoms with E-state index in [0.29, 0.717) is 46.1 Å². The number of para-hydroxylation sites is 1.